The number of carbonyl (C=O) groups excluding carboxylic acids is 3. The molecule has 0 saturated carbocycles. The molecule has 1 heterocycles. The first-order valence-electron chi connectivity index (χ1n) is 13.1. The third-order valence-electron chi connectivity index (χ3n) is 6.96. The second-order valence-corrected chi connectivity index (χ2v) is 10.1. The second-order valence-electron chi connectivity index (χ2n) is 9.69. The van der Waals surface area contributed by atoms with Gasteiger partial charge in [-0.15, -0.1) is 0 Å². The van der Waals surface area contributed by atoms with Crippen LogP contribution >= 0.6 is 11.6 Å². The lowest BCUT2D eigenvalue weighted by Crippen LogP contribution is -2.64. The van der Waals surface area contributed by atoms with Gasteiger partial charge in [0.2, 0.25) is 0 Å². The van der Waals surface area contributed by atoms with Gasteiger partial charge in [-0.3, -0.25) is 4.79 Å². The Bertz CT molecular complexity index is 1080. The number of carbonyl (C=O) groups is 3. The van der Waals surface area contributed by atoms with E-state index in [9.17, 15) is 14.4 Å². The number of likely N-dealkylation sites (tertiary alicyclic amines) is 1. The highest BCUT2D eigenvalue weighted by atomic mass is 35.5. The Morgan fingerprint density at radius 1 is 1.03 bits per heavy atom. The maximum absolute atomic E-state index is 13.9. The molecule has 3 rings (SSSR count). The summed E-state index contributed by atoms with van der Waals surface area (Å²) in [5, 5.41) is 3.41. The van der Waals surface area contributed by atoms with Crippen LogP contribution < -0.4 is 5.32 Å². The minimum absolute atomic E-state index is 0.134. The van der Waals surface area contributed by atoms with Crippen LogP contribution in [0, 0.1) is 6.92 Å². The molecule has 1 aliphatic rings. The average molecular weight is 530 g/mol. The Morgan fingerprint density at radius 3 is 2.38 bits per heavy atom. The molecule has 1 saturated heterocycles. The number of nitrogens with one attached hydrogen (secondary N) is 1. The van der Waals surface area contributed by atoms with E-state index in [0.717, 1.165) is 44.3 Å². The van der Waals surface area contributed by atoms with Crippen LogP contribution in [0.25, 0.3) is 0 Å². The Morgan fingerprint density at radius 2 is 1.73 bits per heavy atom. The highest BCUT2D eigenvalue weighted by Gasteiger charge is 2.44. The molecule has 1 unspecified atom stereocenters. The van der Waals surface area contributed by atoms with Crippen molar-refractivity contribution in [3.63, 3.8) is 0 Å². The van der Waals surface area contributed by atoms with E-state index < -0.39 is 12.0 Å². The van der Waals surface area contributed by atoms with E-state index in [1.165, 1.54) is 6.07 Å². The number of nitrogens with zero attached hydrogens (tertiary/aromatic N) is 1. The van der Waals surface area contributed by atoms with Crippen LogP contribution in [0.2, 0.25) is 5.02 Å². The van der Waals surface area contributed by atoms with Gasteiger partial charge in [0.15, 0.2) is 12.6 Å². The van der Waals surface area contributed by atoms with Gasteiger partial charge in [-0.05, 0) is 62.8 Å². The Hall–Kier alpha value is -2.90. The Kier molecular flexibility index (Phi) is 10.5. The molecule has 7 nitrogen and oxygen atoms in total. The van der Waals surface area contributed by atoms with Gasteiger partial charge in [-0.1, -0.05) is 48.9 Å². The molecule has 200 valence electrons. The van der Waals surface area contributed by atoms with Crippen LogP contribution in [0.3, 0.4) is 0 Å². The molecule has 1 fully saturated rings. The molecule has 0 spiro atoms. The summed E-state index contributed by atoms with van der Waals surface area (Å²) in [6, 6.07) is 12.3. The van der Waals surface area contributed by atoms with Crippen LogP contribution in [0.5, 0.6) is 0 Å². The van der Waals surface area contributed by atoms with Crippen molar-refractivity contribution in [3.8, 4) is 0 Å². The van der Waals surface area contributed by atoms with E-state index in [4.69, 9.17) is 21.1 Å². The molecule has 1 N–H and O–H groups in total. The molecule has 0 bridgehead atoms. The summed E-state index contributed by atoms with van der Waals surface area (Å²) in [4.78, 5) is 39.6. The number of amides is 1. The second kappa shape index (κ2) is 13.6. The first-order chi connectivity index (χ1) is 17.8. The summed E-state index contributed by atoms with van der Waals surface area (Å²) in [5.41, 5.74) is 2.22. The maximum Gasteiger partial charge on any atom is 0.362 e. The van der Waals surface area contributed by atoms with Gasteiger partial charge in [-0.2, -0.15) is 0 Å². The molecule has 1 amide bonds. The van der Waals surface area contributed by atoms with Crippen molar-refractivity contribution in [2.75, 3.05) is 31.6 Å². The molecule has 0 radical (unpaired) electrons. The van der Waals surface area contributed by atoms with Crippen molar-refractivity contribution < 1.29 is 28.3 Å². The number of rotatable bonds is 11. The van der Waals surface area contributed by atoms with Crippen LogP contribution in [-0.4, -0.2) is 54.6 Å². The van der Waals surface area contributed by atoms with E-state index in [2.05, 4.69) is 5.32 Å². The molecule has 1 aliphatic heterocycles. The predicted molar refractivity (Wildman–Crippen MR) is 144 cm³/mol. The molecular formula is C29H38ClN2O5+. The van der Waals surface area contributed by atoms with Gasteiger partial charge in [0.25, 0.3) is 5.91 Å². The standard InChI is InChI=1S/C29H37ClN2O5/c1-4-12-25(28(34)31-27-21(3)17-23(30)18-24(27)29(35)36-5-2)32(15-10-7-11-16-32)19-26(33)37-20-22-13-8-6-9-14-22/h6,8-9,13-14,17-18,25H,4-5,7,10-12,15-16,19-20H2,1-3H3/p+1. The molecular weight excluding hydrogens is 492 g/mol. The zero-order chi connectivity index (χ0) is 26.8. The molecule has 0 aliphatic carbocycles. The summed E-state index contributed by atoms with van der Waals surface area (Å²) in [5.74, 6) is -1.06. The van der Waals surface area contributed by atoms with Gasteiger partial charge in [0.1, 0.15) is 6.61 Å². The molecule has 2 aromatic rings. The number of aryl methyl sites for hydroxylation is 1. The molecule has 37 heavy (non-hydrogen) atoms. The van der Waals surface area contributed by atoms with Gasteiger partial charge >= 0.3 is 11.9 Å². The smallest absolute Gasteiger partial charge is 0.362 e. The fraction of sp³-hybridized carbons (Fsp3) is 0.483. The van der Waals surface area contributed by atoms with Gasteiger partial charge in [0.05, 0.1) is 30.9 Å². The van der Waals surface area contributed by atoms with Crippen molar-refractivity contribution in [1.29, 1.82) is 0 Å². The van der Waals surface area contributed by atoms with E-state index in [1.807, 2.05) is 37.3 Å². The number of ether oxygens (including phenoxy) is 2. The zero-order valence-electron chi connectivity index (χ0n) is 22.1. The molecule has 1 atom stereocenters. The highest BCUT2D eigenvalue weighted by Crippen LogP contribution is 2.30. The summed E-state index contributed by atoms with van der Waals surface area (Å²) in [6.45, 7) is 7.56. The topological polar surface area (TPSA) is 81.7 Å². The third-order valence-corrected chi connectivity index (χ3v) is 7.18. The number of hydrogen-bond acceptors (Lipinski definition) is 5. The van der Waals surface area contributed by atoms with E-state index in [1.54, 1.807) is 19.9 Å². The van der Waals surface area contributed by atoms with Crippen LogP contribution in [0.1, 0.15) is 67.4 Å². The average Bonchev–Trinajstić information content (AvgIpc) is 2.88. The van der Waals surface area contributed by atoms with Crippen molar-refractivity contribution in [2.24, 2.45) is 0 Å². The SMILES string of the molecule is CCCC(C(=O)Nc1c(C)cc(Cl)cc1C(=O)OCC)[N+]1(CC(=O)OCc2ccccc2)CCCCC1. The summed E-state index contributed by atoms with van der Waals surface area (Å²) < 4.78 is 11.2. The van der Waals surface area contributed by atoms with Crippen molar-refractivity contribution >= 4 is 35.1 Å². The first kappa shape index (κ1) is 28.7. The minimum Gasteiger partial charge on any atom is -0.462 e. The molecule has 2 aromatic carbocycles. The number of anilines is 1. The third kappa shape index (κ3) is 7.55. The normalized spacial score (nSPS) is 15.5. The lowest BCUT2D eigenvalue weighted by atomic mass is 9.98. The number of halogens is 1. The summed E-state index contributed by atoms with van der Waals surface area (Å²) >= 11 is 6.22. The number of quaternary nitrogens is 1. The predicted octanol–water partition coefficient (Wildman–Crippen LogP) is 5.68. The van der Waals surface area contributed by atoms with Crippen molar-refractivity contribution in [3.05, 3.63) is 64.2 Å². The van der Waals surface area contributed by atoms with Gasteiger partial charge < -0.3 is 19.3 Å². The number of benzene rings is 2. The quantitative estimate of drug-likeness (QED) is 0.299. The summed E-state index contributed by atoms with van der Waals surface area (Å²) in [6.07, 6.45) is 4.34. The first-order valence-corrected chi connectivity index (χ1v) is 13.5. The lowest BCUT2D eigenvalue weighted by Gasteiger charge is -2.45. The zero-order valence-corrected chi connectivity index (χ0v) is 22.8. The fourth-order valence-corrected chi connectivity index (χ4v) is 5.45. The van der Waals surface area contributed by atoms with E-state index >= 15 is 0 Å². The maximum atomic E-state index is 13.9. The van der Waals surface area contributed by atoms with Gasteiger partial charge in [-0.25, -0.2) is 9.59 Å². The van der Waals surface area contributed by atoms with Crippen LogP contribution in [-0.2, 0) is 25.7 Å². The van der Waals surface area contributed by atoms with E-state index in [0.29, 0.717) is 27.2 Å². The van der Waals surface area contributed by atoms with Crippen LogP contribution in [0.4, 0.5) is 5.69 Å². The lowest BCUT2D eigenvalue weighted by molar-refractivity contribution is -0.940. The Labute approximate surface area is 224 Å². The number of esters is 2. The van der Waals surface area contributed by atoms with Crippen LogP contribution in [0.15, 0.2) is 42.5 Å². The number of piperidine rings is 1. The monoisotopic (exact) mass is 529 g/mol. The largest absolute Gasteiger partial charge is 0.462 e. The van der Waals surface area contributed by atoms with Gasteiger partial charge in [0, 0.05) is 11.4 Å². The summed E-state index contributed by atoms with van der Waals surface area (Å²) in [7, 11) is 0. The highest BCUT2D eigenvalue weighted by molar-refractivity contribution is 6.31. The Balaban J connectivity index is 1.86. The van der Waals surface area contributed by atoms with Crippen molar-refractivity contribution in [1.82, 2.24) is 0 Å². The number of hydrogen-bond donors (Lipinski definition) is 1. The minimum atomic E-state index is -0.540. The molecule has 8 heteroatoms. The van der Waals surface area contributed by atoms with E-state index in [-0.39, 0.29) is 37.2 Å². The molecule has 0 aromatic heterocycles. The van der Waals surface area contributed by atoms with Crippen molar-refractivity contribution in [2.45, 2.75) is 65.5 Å². The fourth-order valence-electron chi connectivity index (χ4n) is 5.18.